The summed E-state index contributed by atoms with van der Waals surface area (Å²) >= 11 is 0. The van der Waals surface area contributed by atoms with Crippen LogP contribution in [0.2, 0.25) is 0 Å². The highest BCUT2D eigenvalue weighted by Gasteiger charge is 2.32. The predicted octanol–water partition coefficient (Wildman–Crippen LogP) is 1.56. The Bertz CT molecular complexity index is 1070. The van der Waals surface area contributed by atoms with E-state index in [2.05, 4.69) is 32.9 Å². The van der Waals surface area contributed by atoms with Gasteiger partial charge >= 0.3 is 0 Å². The van der Waals surface area contributed by atoms with Crippen molar-refractivity contribution in [2.45, 2.75) is 31.4 Å². The lowest BCUT2D eigenvalue weighted by atomic mass is 9.92. The number of amides is 1. The van der Waals surface area contributed by atoms with Crippen molar-refractivity contribution in [1.82, 2.24) is 15.2 Å². The zero-order chi connectivity index (χ0) is 21.5. The third-order valence-electron chi connectivity index (χ3n) is 6.42. The van der Waals surface area contributed by atoms with Gasteiger partial charge in [0.05, 0.1) is 22.8 Å². The molecule has 2 saturated heterocycles. The Kier molecular flexibility index (Phi) is 5.31. The molecular weight excluding hydrogens is 380 g/mol. The van der Waals surface area contributed by atoms with Gasteiger partial charge in [0.25, 0.3) is 11.5 Å². The number of fused-ring (bicyclic) bond motifs is 1. The standard InChI is InChI=1S/C23H28N4O3/c1-5-17-20(27-10-8-23(2,30-4)9-11-27)18-12-15(6-7-19(18)25-22(17)29)21(28)24-16-13-26(3)14-16/h1,6-7,12,16H,8-11,13-14H2,2-4H3,(H,24,28)(H,25,29). The first kappa shape index (κ1) is 20.5. The summed E-state index contributed by atoms with van der Waals surface area (Å²) in [6, 6.07) is 5.53. The van der Waals surface area contributed by atoms with Gasteiger partial charge in [0.1, 0.15) is 5.56 Å². The molecule has 2 fully saturated rings. The largest absolute Gasteiger partial charge is 0.378 e. The first-order valence-corrected chi connectivity index (χ1v) is 10.3. The molecule has 0 bridgehead atoms. The molecule has 30 heavy (non-hydrogen) atoms. The Morgan fingerprint density at radius 2 is 2.03 bits per heavy atom. The molecule has 7 nitrogen and oxygen atoms in total. The summed E-state index contributed by atoms with van der Waals surface area (Å²) in [6.45, 7) is 5.25. The van der Waals surface area contributed by atoms with Gasteiger partial charge in [-0.3, -0.25) is 9.59 Å². The van der Waals surface area contributed by atoms with E-state index in [1.807, 2.05) is 13.1 Å². The number of carbonyl (C=O) groups excluding carboxylic acids is 1. The highest BCUT2D eigenvalue weighted by Crippen LogP contribution is 2.33. The number of carbonyl (C=O) groups is 1. The van der Waals surface area contributed by atoms with Crippen LogP contribution >= 0.6 is 0 Å². The first-order chi connectivity index (χ1) is 14.3. The van der Waals surface area contributed by atoms with Crippen molar-refractivity contribution in [2.75, 3.05) is 45.2 Å². The van der Waals surface area contributed by atoms with E-state index in [0.717, 1.165) is 50.1 Å². The lowest BCUT2D eigenvalue weighted by Crippen LogP contribution is -2.57. The number of benzene rings is 1. The third kappa shape index (κ3) is 3.69. The van der Waals surface area contributed by atoms with Crippen LogP contribution in [0.15, 0.2) is 23.0 Å². The van der Waals surface area contributed by atoms with E-state index >= 15 is 0 Å². The summed E-state index contributed by atoms with van der Waals surface area (Å²) in [6.07, 6.45) is 7.39. The topological polar surface area (TPSA) is 77.7 Å². The first-order valence-electron chi connectivity index (χ1n) is 10.3. The Morgan fingerprint density at radius 1 is 1.33 bits per heavy atom. The normalized spacial score (nSPS) is 19.3. The van der Waals surface area contributed by atoms with Crippen molar-refractivity contribution in [3.63, 3.8) is 0 Å². The maximum Gasteiger partial charge on any atom is 0.266 e. The molecule has 3 heterocycles. The molecule has 2 aliphatic rings. The summed E-state index contributed by atoms with van der Waals surface area (Å²) in [4.78, 5) is 32.5. The number of H-pyrrole nitrogens is 1. The van der Waals surface area contributed by atoms with Gasteiger partial charge in [0.2, 0.25) is 0 Å². The summed E-state index contributed by atoms with van der Waals surface area (Å²) in [5.41, 5.74) is 1.81. The van der Waals surface area contributed by atoms with Crippen LogP contribution in [0.4, 0.5) is 5.69 Å². The van der Waals surface area contributed by atoms with Crippen LogP contribution in [0.1, 0.15) is 35.7 Å². The maximum atomic E-state index is 12.8. The fraction of sp³-hybridized carbons (Fsp3) is 0.478. The number of nitrogens with one attached hydrogen (secondary N) is 2. The fourth-order valence-corrected chi connectivity index (χ4v) is 4.35. The highest BCUT2D eigenvalue weighted by molar-refractivity contribution is 6.02. The molecule has 1 aromatic carbocycles. The van der Waals surface area contributed by atoms with Gasteiger partial charge in [-0.15, -0.1) is 6.42 Å². The minimum atomic E-state index is -0.283. The molecule has 0 spiro atoms. The van der Waals surface area contributed by atoms with Crippen LogP contribution in [0.25, 0.3) is 10.9 Å². The van der Waals surface area contributed by atoms with Gasteiger partial charge in [-0.2, -0.15) is 0 Å². The van der Waals surface area contributed by atoms with Gasteiger partial charge in [-0.25, -0.2) is 0 Å². The molecule has 0 atom stereocenters. The van der Waals surface area contributed by atoms with Crippen LogP contribution < -0.4 is 15.8 Å². The number of ether oxygens (including phenoxy) is 1. The molecule has 2 aliphatic heterocycles. The maximum absolute atomic E-state index is 12.8. The number of hydrogen-bond donors (Lipinski definition) is 2. The van der Waals surface area contributed by atoms with E-state index in [0.29, 0.717) is 16.6 Å². The Labute approximate surface area is 176 Å². The van der Waals surface area contributed by atoms with Crippen molar-refractivity contribution in [3.8, 4) is 12.3 Å². The number of likely N-dealkylation sites (N-methyl/N-ethyl adjacent to an activating group) is 1. The summed E-state index contributed by atoms with van der Waals surface area (Å²) < 4.78 is 5.65. The van der Waals surface area contributed by atoms with Crippen LogP contribution in [-0.2, 0) is 4.74 Å². The van der Waals surface area contributed by atoms with E-state index < -0.39 is 0 Å². The minimum Gasteiger partial charge on any atom is -0.378 e. The molecule has 0 aliphatic carbocycles. The molecule has 0 radical (unpaired) electrons. The molecule has 0 unspecified atom stereocenters. The molecule has 2 aromatic rings. The molecule has 2 N–H and O–H groups in total. The average molecular weight is 409 g/mol. The average Bonchev–Trinajstić information content (AvgIpc) is 2.72. The minimum absolute atomic E-state index is 0.111. The van der Waals surface area contributed by atoms with Crippen molar-refractivity contribution in [2.24, 2.45) is 0 Å². The summed E-state index contributed by atoms with van der Waals surface area (Å²) in [5, 5.41) is 3.86. The van der Waals surface area contributed by atoms with Crippen molar-refractivity contribution in [3.05, 3.63) is 39.7 Å². The summed E-state index contributed by atoms with van der Waals surface area (Å²) in [7, 11) is 3.76. The number of aromatic amines is 1. The number of pyridine rings is 1. The molecule has 158 valence electrons. The molecular formula is C23H28N4O3. The molecule has 4 rings (SSSR count). The molecule has 0 saturated carbocycles. The number of hydrogen-bond acceptors (Lipinski definition) is 5. The van der Waals surface area contributed by atoms with Crippen LogP contribution in [0.5, 0.6) is 0 Å². The van der Waals surface area contributed by atoms with Crippen LogP contribution in [-0.4, -0.2) is 67.8 Å². The second-order valence-electron chi connectivity index (χ2n) is 8.62. The fourth-order valence-electron chi connectivity index (χ4n) is 4.35. The quantitative estimate of drug-likeness (QED) is 0.751. The van der Waals surface area contributed by atoms with E-state index in [-0.39, 0.29) is 23.1 Å². The van der Waals surface area contributed by atoms with Crippen molar-refractivity contribution in [1.29, 1.82) is 0 Å². The number of piperidine rings is 1. The zero-order valence-electron chi connectivity index (χ0n) is 17.7. The van der Waals surface area contributed by atoms with Crippen molar-refractivity contribution < 1.29 is 9.53 Å². The number of likely N-dealkylation sites (tertiary alicyclic amines) is 1. The Balaban J connectivity index is 1.72. The van der Waals surface area contributed by atoms with Gasteiger partial charge in [0, 0.05) is 44.2 Å². The second kappa shape index (κ2) is 7.78. The number of terminal acetylenes is 1. The Hall–Kier alpha value is -2.82. The number of rotatable bonds is 4. The lowest BCUT2D eigenvalue weighted by Gasteiger charge is -2.40. The monoisotopic (exact) mass is 408 g/mol. The van der Waals surface area contributed by atoms with Gasteiger partial charge in [-0.05, 0) is 45.0 Å². The SMILES string of the molecule is C#Cc1c(N2CCC(C)(OC)CC2)c2cc(C(=O)NC3CN(C)C3)ccc2[nH]c1=O. The lowest BCUT2D eigenvalue weighted by molar-refractivity contribution is -0.0132. The number of anilines is 1. The second-order valence-corrected chi connectivity index (χ2v) is 8.62. The number of methoxy groups -OCH3 is 1. The van der Waals surface area contributed by atoms with Gasteiger partial charge in [0.15, 0.2) is 0 Å². The van der Waals surface area contributed by atoms with Crippen molar-refractivity contribution >= 4 is 22.5 Å². The smallest absolute Gasteiger partial charge is 0.266 e. The predicted molar refractivity (Wildman–Crippen MR) is 118 cm³/mol. The molecule has 7 heteroatoms. The Morgan fingerprint density at radius 3 is 2.63 bits per heavy atom. The van der Waals surface area contributed by atoms with E-state index in [1.54, 1.807) is 19.2 Å². The summed E-state index contributed by atoms with van der Waals surface area (Å²) in [5.74, 6) is 2.46. The number of aromatic nitrogens is 1. The number of nitrogens with zero attached hydrogens (tertiary/aromatic N) is 2. The van der Waals surface area contributed by atoms with Gasteiger partial charge in [-0.1, -0.05) is 5.92 Å². The third-order valence-corrected chi connectivity index (χ3v) is 6.42. The van der Waals surface area contributed by atoms with Crippen LogP contribution in [0.3, 0.4) is 0 Å². The van der Waals surface area contributed by atoms with E-state index in [9.17, 15) is 9.59 Å². The van der Waals surface area contributed by atoms with Gasteiger partial charge < -0.3 is 24.8 Å². The van der Waals surface area contributed by atoms with E-state index in [1.165, 1.54) is 0 Å². The van der Waals surface area contributed by atoms with Crippen LogP contribution in [0, 0.1) is 12.3 Å². The molecule has 1 amide bonds. The zero-order valence-corrected chi connectivity index (χ0v) is 17.7. The van der Waals surface area contributed by atoms with E-state index in [4.69, 9.17) is 11.2 Å². The highest BCUT2D eigenvalue weighted by atomic mass is 16.5. The molecule has 1 aromatic heterocycles.